The molecule has 2 unspecified atom stereocenters. The highest BCUT2D eigenvalue weighted by molar-refractivity contribution is 9.10. The first-order chi connectivity index (χ1) is 9.47. The van der Waals surface area contributed by atoms with Gasteiger partial charge in [0.05, 0.1) is 0 Å². The van der Waals surface area contributed by atoms with Crippen LogP contribution in [0, 0.1) is 0 Å². The summed E-state index contributed by atoms with van der Waals surface area (Å²) in [5.41, 5.74) is 8.46. The highest BCUT2D eigenvalue weighted by Crippen LogP contribution is 2.27. The Kier molecular flexibility index (Phi) is 5.47. The maximum absolute atomic E-state index is 5.89. The molecule has 1 aromatic rings. The number of likely N-dealkylation sites (tertiary alicyclic amines) is 1. The van der Waals surface area contributed by atoms with E-state index in [1.165, 1.54) is 35.1 Å². The largest absolute Gasteiger partial charge is 0.370 e. The van der Waals surface area contributed by atoms with Crippen molar-refractivity contribution in [2.45, 2.75) is 38.3 Å². The van der Waals surface area contributed by atoms with E-state index in [0.29, 0.717) is 6.04 Å². The van der Waals surface area contributed by atoms with Crippen molar-refractivity contribution >= 4 is 21.6 Å². The van der Waals surface area contributed by atoms with Crippen molar-refractivity contribution in [2.24, 2.45) is 5.73 Å². The van der Waals surface area contributed by atoms with Gasteiger partial charge in [0.1, 0.15) is 0 Å². The van der Waals surface area contributed by atoms with Crippen LogP contribution in [0.4, 0.5) is 5.69 Å². The topological polar surface area (TPSA) is 32.5 Å². The molecule has 1 heterocycles. The van der Waals surface area contributed by atoms with Crippen molar-refractivity contribution in [1.82, 2.24) is 4.90 Å². The van der Waals surface area contributed by atoms with Gasteiger partial charge in [-0.2, -0.15) is 0 Å². The fraction of sp³-hybridized carbons (Fsp3) is 0.625. The third-order valence-electron chi connectivity index (χ3n) is 4.13. The van der Waals surface area contributed by atoms with Crippen LogP contribution in [0.25, 0.3) is 0 Å². The highest BCUT2D eigenvalue weighted by atomic mass is 79.9. The van der Waals surface area contributed by atoms with E-state index in [0.717, 1.165) is 13.0 Å². The van der Waals surface area contributed by atoms with Crippen molar-refractivity contribution in [3.63, 3.8) is 0 Å². The lowest BCUT2D eigenvalue weighted by molar-refractivity contribution is 0.248. The predicted molar refractivity (Wildman–Crippen MR) is 90.4 cm³/mol. The van der Waals surface area contributed by atoms with Crippen LogP contribution in [0.1, 0.15) is 25.3 Å². The minimum Gasteiger partial charge on any atom is -0.370 e. The smallest absolute Gasteiger partial charge is 0.0414 e. The number of benzene rings is 1. The van der Waals surface area contributed by atoms with Gasteiger partial charge in [-0.25, -0.2) is 0 Å². The molecular formula is C16H26BrN3. The second kappa shape index (κ2) is 6.92. The fourth-order valence-corrected chi connectivity index (χ4v) is 3.46. The molecule has 2 atom stereocenters. The molecule has 1 saturated heterocycles. The molecule has 4 heteroatoms. The van der Waals surface area contributed by atoms with Gasteiger partial charge in [0, 0.05) is 35.8 Å². The summed E-state index contributed by atoms with van der Waals surface area (Å²) in [5.74, 6) is 0. The first kappa shape index (κ1) is 15.8. The first-order valence-corrected chi connectivity index (χ1v) is 8.22. The number of piperidine rings is 1. The van der Waals surface area contributed by atoms with Gasteiger partial charge in [-0.15, -0.1) is 0 Å². The molecule has 2 rings (SSSR count). The zero-order valence-electron chi connectivity index (χ0n) is 12.8. The molecule has 0 radical (unpaired) electrons. The van der Waals surface area contributed by atoms with Crippen LogP contribution in [0.15, 0.2) is 22.7 Å². The Labute approximate surface area is 131 Å². The lowest BCUT2D eigenvalue weighted by Crippen LogP contribution is -2.45. The molecular weight excluding hydrogens is 314 g/mol. The van der Waals surface area contributed by atoms with Crippen LogP contribution in [0.5, 0.6) is 0 Å². The summed E-state index contributed by atoms with van der Waals surface area (Å²) >= 11 is 3.69. The number of anilines is 1. The normalized spacial score (nSPS) is 21.8. The molecule has 1 aliphatic heterocycles. The molecule has 3 nitrogen and oxygen atoms in total. The summed E-state index contributed by atoms with van der Waals surface area (Å²) < 4.78 is 1.17. The van der Waals surface area contributed by atoms with E-state index in [2.05, 4.69) is 58.0 Å². The van der Waals surface area contributed by atoms with E-state index in [1.54, 1.807) is 0 Å². The quantitative estimate of drug-likeness (QED) is 0.915. The molecule has 0 saturated carbocycles. The number of halogens is 1. The average Bonchev–Trinajstić information content (AvgIpc) is 2.40. The Bertz CT molecular complexity index is 447. The molecule has 1 aliphatic rings. The summed E-state index contributed by atoms with van der Waals surface area (Å²) in [5, 5.41) is 0. The second-order valence-corrected chi connectivity index (χ2v) is 6.98. The van der Waals surface area contributed by atoms with Crippen LogP contribution in [-0.2, 0) is 6.42 Å². The van der Waals surface area contributed by atoms with Crippen molar-refractivity contribution in [1.29, 1.82) is 0 Å². The summed E-state index contributed by atoms with van der Waals surface area (Å²) in [6.45, 7) is 4.42. The van der Waals surface area contributed by atoms with E-state index in [9.17, 15) is 0 Å². The number of hydrogen-bond donors (Lipinski definition) is 1. The first-order valence-electron chi connectivity index (χ1n) is 7.42. The third-order valence-corrected chi connectivity index (χ3v) is 4.87. The zero-order chi connectivity index (χ0) is 14.7. The van der Waals surface area contributed by atoms with Gasteiger partial charge in [-0.05, 0) is 57.5 Å². The Balaban J connectivity index is 2.10. The van der Waals surface area contributed by atoms with Crippen molar-refractivity contribution < 1.29 is 0 Å². The number of nitrogens with two attached hydrogens (primary N) is 1. The number of likely N-dealkylation sites (N-methyl/N-ethyl adjacent to an activating group) is 2. The SMILES string of the molecule is CC(N)Cc1ccc(N(C)C2CCCN(C)C2)cc1Br. The Morgan fingerprint density at radius 2 is 2.25 bits per heavy atom. The van der Waals surface area contributed by atoms with Crippen molar-refractivity contribution in [2.75, 3.05) is 32.1 Å². The molecule has 2 N–H and O–H groups in total. The monoisotopic (exact) mass is 339 g/mol. The van der Waals surface area contributed by atoms with Gasteiger partial charge in [-0.1, -0.05) is 22.0 Å². The number of hydrogen-bond acceptors (Lipinski definition) is 3. The lowest BCUT2D eigenvalue weighted by Gasteiger charge is -2.37. The Morgan fingerprint density at radius 1 is 1.50 bits per heavy atom. The van der Waals surface area contributed by atoms with E-state index < -0.39 is 0 Å². The van der Waals surface area contributed by atoms with Gasteiger partial charge < -0.3 is 15.5 Å². The average molecular weight is 340 g/mol. The fourth-order valence-electron chi connectivity index (χ4n) is 2.93. The molecule has 0 aromatic heterocycles. The second-order valence-electron chi connectivity index (χ2n) is 6.13. The summed E-state index contributed by atoms with van der Waals surface area (Å²) in [6.07, 6.45) is 3.48. The van der Waals surface area contributed by atoms with E-state index >= 15 is 0 Å². The molecule has 0 aliphatic carbocycles. The molecule has 0 bridgehead atoms. The standard InChI is InChI=1S/C16H26BrN3/c1-12(18)9-13-6-7-14(10-16(13)17)20(3)15-5-4-8-19(2)11-15/h6-7,10,12,15H,4-5,8-9,11,18H2,1-3H3. The Hall–Kier alpha value is -0.580. The molecule has 1 aromatic carbocycles. The van der Waals surface area contributed by atoms with Crippen LogP contribution >= 0.6 is 15.9 Å². The third kappa shape index (κ3) is 3.96. The minimum absolute atomic E-state index is 0.196. The predicted octanol–water partition coefficient (Wildman–Crippen LogP) is 2.87. The summed E-state index contributed by atoms with van der Waals surface area (Å²) in [6, 6.07) is 7.46. The van der Waals surface area contributed by atoms with Gasteiger partial charge in [0.15, 0.2) is 0 Å². The zero-order valence-corrected chi connectivity index (χ0v) is 14.4. The molecule has 112 valence electrons. The van der Waals surface area contributed by atoms with Crippen molar-refractivity contribution in [3.8, 4) is 0 Å². The lowest BCUT2D eigenvalue weighted by atomic mass is 10.0. The maximum atomic E-state index is 5.89. The van der Waals surface area contributed by atoms with Gasteiger partial charge in [-0.3, -0.25) is 0 Å². The molecule has 0 spiro atoms. The van der Waals surface area contributed by atoms with Gasteiger partial charge >= 0.3 is 0 Å². The van der Waals surface area contributed by atoms with Gasteiger partial charge in [0.25, 0.3) is 0 Å². The van der Waals surface area contributed by atoms with Crippen LogP contribution < -0.4 is 10.6 Å². The van der Waals surface area contributed by atoms with E-state index in [1.807, 2.05) is 6.92 Å². The van der Waals surface area contributed by atoms with Crippen LogP contribution in [0.3, 0.4) is 0 Å². The molecule has 0 amide bonds. The molecule has 1 fully saturated rings. The summed E-state index contributed by atoms with van der Waals surface area (Å²) in [4.78, 5) is 4.83. The van der Waals surface area contributed by atoms with Crippen LogP contribution in [-0.4, -0.2) is 44.2 Å². The number of nitrogens with zero attached hydrogens (tertiary/aromatic N) is 2. The molecule has 20 heavy (non-hydrogen) atoms. The highest BCUT2D eigenvalue weighted by Gasteiger charge is 2.21. The number of rotatable bonds is 4. The van der Waals surface area contributed by atoms with E-state index in [-0.39, 0.29) is 6.04 Å². The van der Waals surface area contributed by atoms with E-state index in [4.69, 9.17) is 5.73 Å². The minimum atomic E-state index is 0.196. The Morgan fingerprint density at radius 3 is 2.85 bits per heavy atom. The maximum Gasteiger partial charge on any atom is 0.0414 e. The van der Waals surface area contributed by atoms with Crippen molar-refractivity contribution in [3.05, 3.63) is 28.2 Å². The summed E-state index contributed by atoms with van der Waals surface area (Å²) in [7, 11) is 4.42. The van der Waals surface area contributed by atoms with Gasteiger partial charge in [0.2, 0.25) is 0 Å². The van der Waals surface area contributed by atoms with Crippen LogP contribution in [0.2, 0.25) is 0 Å².